The molecule has 4 N–H and O–H groups in total. The largest absolute Gasteiger partial charge is 0.465 e. The van der Waals surface area contributed by atoms with Crippen molar-refractivity contribution in [2.24, 2.45) is 5.92 Å². The van der Waals surface area contributed by atoms with Crippen molar-refractivity contribution in [1.29, 1.82) is 0 Å². The second-order valence-corrected chi connectivity index (χ2v) is 4.82. The van der Waals surface area contributed by atoms with E-state index in [1.807, 2.05) is 27.7 Å². The maximum Gasteiger partial charge on any atom is 0.404 e. The van der Waals surface area contributed by atoms with Gasteiger partial charge in [-0.25, -0.2) is 4.79 Å². The summed E-state index contributed by atoms with van der Waals surface area (Å²) in [7, 11) is 0. The Balaban J connectivity index is 4.19. The van der Waals surface area contributed by atoms with Crippen LogP contribution in [0.25, 0.3) is 0 Å². The number of hydrogen-bond donors (Lipinski definition) is 4. The number of aliphatic hydroxyl groups excluding tert-OH is 1. The van der Waals surface area contributed by atoms with Crippen molar-refractivity contribution in [3.63, 3.8) is 0 Å². The quantitative estimate of drug-likeness (QED) is 0.528. The minimum absolute atomic E-state index is 0.277. The van der Waals surface area contributed by atoms with Gasteiger partial charge in [0, 0.05) is 12.6 Å². The van der Waals surface area contributed by atoms with E-state index in [1.54, 1.807) is 0 Å². The maximum absolute atomic E-state index is 10.6. The Morgan fingerprint density at radius 3 is 2.19 bits per heavy atom. The fraction of sp³-hybridized carbons (Fsp3) is 0.909. The molecular formula is C11H24N2O3. The van der Waals surface area contributed by atoms with E-state index in [0.717, 1.165) is 0 Å². The summed E-state index contributed by atoms with van der Waals surface area (Å²) in [5.41, 5.74) is 0. The van der Waals surface area contributed by atoms with Crippen LogP contribution in [-0.2, 0) is 0 Å². The standard InChI is InChI=1S/C11H24N2O3/c1-7(2)5-9(13-11(15)16)10(14)6-12-8(3)4/h7-10,12-14H,5-6H2,1-4H3,(H,15,16). The lowest BCUT2D eigenvalue weighted by Crippen LogP contribution is -2.48. The second kappa shape index (κ2) is 7.46. The number of aliphatic hydroxyl groups is 1. The first-order valence-corrected chi connectivity index (χ1v) is 5.73. The van der Waals surface area contributed by atoms with Gasteiger partial charge >= 0.3 is 6.09 Å². The molecule has 2 unspecified atom stereocenters. The zero-order valence-electron chi connectivity index (χ0n) is 10.5. The molecule has 0 rings (SSSR count). The highest BCUT2D eigenvalue weighted by Gasteiger charge is 2.21. The first-order valence-electron chi connectivity index (χ1n) is 5.73. The summed E-state index contributed by atoms with van der Waals surface area (Å²) in [5, 5.41) is 24.0. The van der Waals surface area contributed by atoms with Crippen molar-refractivity contribution in [3.8, 4) is 0 Å². The monoisotopic (exact) mass is 232 g/mol. The van der Waals surface area contributed by atoms with Gasteiger partial charge in [0.05, 0.1) is 12.1 Å². The summed E-state index contributed by atoms with van der Waals surface area (Å²) in [4.78, 5) is 10.6. The van der Waals surface area contributed by atoms with Crippen LogP contribution in [0.1, 0.15) is 34.1 Å². The van der Waals surface area contributed by atoms with E-state index in [4.69, 9.17) is 5.11 Å². The lowest BCUT2D eigenvalue weighted by atomic mass is 9.99. The molecule has 0 aromatic heterocycles. The van der Waals surface area contributed by atoms with E-state index in [-0.39, 0.29) is 6.04 Å². The Morgan fingerprint density at radius 1 is 1.25 bits per heavy atom. The number of nitrogens with one attached hydrogen (secondary N) is 2. The zero-order chi connectivity index (χ0) is 12.7. The van der Waals surface area contributed by atoms with Gasteiger partial charge in [-0.2, -0.15) is 0 Å². The van der Waals surface area contributed by atoms with Crippen molar-refractivity contribution in [2.45, 2.75) is 52.3 Å². The average molecular weight is 232 g/mol. The highest BCUT2D eigenvalue weighted by atomic mass is 16.4. The smallest absolute Gasteiger partial charge is 0.404 e. The Morgan fingerprint density at radius 2 is 1.81 bits per heavy atom. The molecule has 0 heterocycles. The van der Waals surface area contributed by atoms with Gasteiger partial charge < -0.3 is 20.8 Å². The van der Waals surface area contributed by atoms with Crippen LogP contribution in [0.15, 0.2) is 0 Å². The van der Waals surface area contributed by atoms with Crippen molar-refractivity contribution >= 4 is 6.09 Å². The predicted octanol–water partition coefficient (Wildman–Crippen LogP) is 1.03. The van der Waals surface area contributed by atoms with Crippen LogP contribution in [0.2, 0.25) is 0 Å². The van der Waals surface area contributed by atoms with Gasteiger partial charge in [-0.1, -0.05) is 27.7 Å². The molecule has 0 radical (unpaired) electrons. The van der Waals surface area contributed by atoms with Crippen molar-refractivity contribution in [1.82, 2.24) is 10.6 Å². The number of rotatable bonds is 7. The van der Waals surface area contributed by atoms with Gasteiger partial charge in [0.1, 0.15) is 0 Å². The molecule has 16 heavy (non-hydrogen) atoms. The molecule has 0 aliphatic rings. The lowest BCUT2D eigenvalue weighted by molar-refractivity contribution is 0.107. The van der Waals surface area contributed by atoms with Crippen LogP contribution in [-0.4, -0.2) is 41.0 Å². The van der Waals surface area contributed by atoms with E-state index in [1.165, 1.54) is 0 Å². The molecule has 0 spiro atoms. The van der Waals surface area contributed by atoms with E-state index in [9.17, 15) is 9.90 Å². The fourth-order valence-corrected chi connectivity index (χ4v) is 1.48. The van der Waals surface area contributed by atoms with Gasteiger partial charge in [-0.3, -0.25) is 0 Å². The normalized spacial score (nSPS) is 15.2. The van der Waals surface area contributed by atoms with Crippen LogP contribution in [0.4, 0.5) is 4.79 Å². The molecule has 96 valence electrons. The lowest BCUT2D eigenvalue weighted by Gasteiger charge is -2.25. The summed E-state index contributed by atoms with van der Waals surface area (Å²) in [6, 6.07) is -0.136. The fourth-order valence-electron chi connectivity index (χ4n) is 1.48. The van der Waals surface area contributed by atoms with Crippen molar-refractivity contribution in [2.75, 3.05) is 6.54 Å². The Hall–Kier alpha value is -0.810. The Labute approximate surface area is 97.2 Å². The number of hydrogen-bond acceptors (Lipinski definition) is 3. The van der Waals surface area contributed by atoms with Crippen molar-refractivity contribution in [3.05, 3.63) is 0 Å². The molecule has 0 aromatic rings. The minimum Gasteiger partial charge on any atom is -0.465 e. The van der Waals surface area contributed by atoms with Crippen LogP contribution in [0.5, 0.6) is 0 Å². The van der Waals surface area contributed by atoms with Gasteiger partial charge in [-0.05, 0) is 12.3 Å². The molecule has 0 fully saturated rings. The minimum atomic E-state index is -1.09. The third-order valence-corrected chi connectivity index (χ3v) is 2.23. The number of amides is 1. The molecular weight excluding hydrogens is 208 g/mol. The summed E-state index contributed by atoms with van der Waals surface area (Å²) < 4.78 is 0. The highest BCUT2D eigenvalue weighted by molar-refractivity contribution is 5.64. The van der Waals surface area contributed by atoms with Crippen LogP contribution in [0, 0.1) is 5.92 Å². The SMILES string of the molecule is CC(C)CC(NC(=O)O)C(O)CNC(C)C. The second-order valence-electron chi connectivity index (χ2n) is 4.82. The molecule has 2 atom stereocenters. The molecule has 0 saturated heterocycles. The van der Waals surface area contributed by atoms with Gasteiger partial charge in [0.2, 0.25) is 0 Å². The topological polar surface area (TPSA) is 81.6 Å². The maximum atomic E-state index is 10.6. The molecule has 0 aliphatic carbocycles. The zero-order valence-corrected chi connectivity index (χ0v) is 10.5. The third-order valence-electron chi connectivity index (χ3n) is 2.23. The van der Waals surface area contributed by atoms with Gasteiger partial charge in [0.15, 0.2) is 0 Å². The van der Waals surface area contributed by atoms with E-state index < -0.39 is 18.2 Å². The highest BCUT2D eigenvalue weighted by Crippen LogP contribution is 2.08. The van der Waals surface area contributed by atoms with Gasteiger partial charge in [-0.15, -0.1) is 0 Å². The summed E-state index contributed by atoms with van der Waals surface area (Å²) >= 11 is 0. The molecule has 0 saturated carbocycles. The predicted molar refractivity (Wildman–Crippen MR) is 63.5 cm³/mol. The number of carbonyl (C=O) groups is 1. The van der Waals surface area contributed by atoms with Crippen molar-refractivity contribution < 1.29 is 15.0 Å². The molecule has 5 heteroatoms. The summed E-state index contributed by atoms with van der Waals surface area (Å²) in [6.45, 7) is 8.36. The van der Waals surface area contributed by atoms with Gasteiger partial charge in [0.25, 0.3) is 0 Å². The van der Waals surface area contributed by atoms with Crippen LogP contribution >= 0.6 is 0 Å². The Bertz CT molecular complexity index is 207. The average Bonchev–Trinajstić information content (AvgIpc) is 2.11. The van der Waals surface area contributed by atoms with Crippen LogP contribution < -0.4 is 10.6 Å². The number of carboxylic acid groups (broad SMARTS) is 1. The molecule has 0 aliphatic heterocycles. The first-order chi connectivity index (χ1) is 7.32. The Kier molecular flexibility index (Phi) is 7.08. The molecule has 0 bridgehead atoms. The first kappa shape index (κ1) is 15.2. The summed E-state index contributed by atoms with van der Waals surface area (Å²) in [6.07, 6.45) is -1.15. The third kappa shape index (κ3) is 7.48. The molecule has 1 amide bonds. The van der Waals surface area contributed by atoms with E-state index >= 15 is 0 Å². The summed E-state index contributed by atoms with van der Waals surface area (Å²) in [5.74, 6) is 0.338. The van der Waals surface area contributed by atoms with E-state index in [2.05, 4.69) is 10.6 Å². The van der Waals surface area contributed by atoms with E-state index in [0.29, 0.717) is 18.9 Å². The van der Waals surface area contributed by atoms with Crippen LogP contribution in [0.3, 0.4) is 0 Å². The molecule has 0 aromatic carbocycles. The molecule has 5 nitrogen and oxygen atoms in total.